The van der Waals surface area contributed by atoms with Crippen molar-refractivity contribution >= 4 is 23.4 Å². The highest BCUT2D eigenvalue weighted by Crippen LogP contribution is 2.43. The van der Waals surface area contributed by atoms with E-state index in [0.717, 1.165) is 24.1 Å². The third-order valence-corrected chi connectivity index (χ3v) is 6.52. The maximum atomic E-state index is 13.9. The van der Waals surface area contributed by atoms with Gasteiger partial charge >= 0.3 is 0 Å². The lowest BCUT2D eigenvalue weighted by molar-refractivity contribution is -0.116. The molecule has 2 N–H and O–H groups in total. The molecule has 1 aliphatic carbocycles. The van der Waals surface area contributed by atoms with Crippen molar-refractivity contribution in [2.45, 2.75) is 36.1 Å². The van der Waals surface area contributed by atoms with Crippen LogP contribution in [-0.2, 0) is 10.5 Å². The number of aromatic nitrogens is 3. The Morgan fingerprint density at radius 1 is 1.10 bits per heavy atom. The molecule has 1 atom stereocenters. The number of carbonyl (C=O) groups is 1. The smallest absolute Gasteiger partial charge is 0.257 e. The molecule has 0 saturated heterocycles. The fourth-order valence-electron chi connectivity index (χ4n) is 4.16. The monoisotopic (exact) mass is 434 g/mol. The SMILES string of the molecule is O=C1CCCC2=C1[C@@H](c1ccncc1)c1c(nc(SCc3ccccc3F)[nH]c1=O)N2. The van der Waals surface area contributed by atoms with E-state index in [1.54, 1.807) is 30.6 Å². The third kappa shape index (κ3) is 3.67. The highest BCUT2D eigenvalue weighted by atomic mass is 32.2. The summed E-state index contributed by atoms with van der Waals surface area (Å²) in [7, 11) is 0. The Balaban J connectivity index is 1.56. The van der Waals surface area contributed by atoms with Crippen molar-refractivity contribution in [3.63, 3.8) is 0 Å². The second-order valence-corrected chi connectivity index (χ2v) is 8.49. The predicted molar refractivity (Wildman–Crippen MR) is 116 cm³/mol. The molecule has 0 spiro atoms. The molecule has 5 rings (SSSR count). The number of H-pyrrole nitrogens is 1. The number of anilines is 1. The van der Waals surface area contributed by atoms with Crippen LogP contribution in [0, 0.1) is 5.82 Å². The molecule has 2 aromatic heterocycles. The molecule has 3 heterocycles. The Morgan fingerprint density at radius 3 is 2.71 bits per heavy atom. The number of nitrogens with zero attached hydrogens (tertiary/aromatic N) is 2. The van der Waals surface area contributed by atoms with Gasteiger partial charge in [0.25, 0.3) is 5.56 Å². The molecule has 0 fully saturated rings. The van der Waals surface area contributed by atoms with Gasteiger partial charge in [-0.3, -0.25) is 14.6 Å². The molecule has 1 aliphatic heterocycles. The van der Waals surface area contributed by atoms with Crippen molar-refractivity contribution in [3.05, 3.63) is 92.9 Å². The van der Waals surface area contributed by atoms with E-state index < -0.39 is 5.92 Å². The number of benzene rings is 1. The third-order valence-electron chi connectivity index (χ3n) is 5.60. The number of rotatable bonds is 4. The molecule has 0 amide bonds. The topological polar surface area (TPSA) is 87.7 Å². The fraction of sp³-hybridized carbons (Fsp3) is 0.217. The van der Waals surface area contributed by atoms with Gasteiger partial charge in [-0.1, -0.05) is 30.0 Å². The number of halogens is 1. The number of hydrogen-bond donors (Lipinski definition) is 2. The first kappa shape index (κ1) is 19.7. The molecule has 0 unspecified atom stereocenters. The van der Waals surface area contributed by atoms with Gasteiger partial charge in [0.05, 0.1) is 5.56 Å². The first-order valence-electron chi connectivity index (χ1n) is 10.1. The maximum Gasteiger partial charge on any atom is 0.257 e. The summed E-state index contributed by atoms with van der Waals surface area (Å²) in [4.78, 5) is 37.5. The summed E-state index contributed by atoms with van der Waals surface area (Å²) < 4.78 is 13.9. The normalized spacial score (nSPS) is 17.7. The summed E-state index contributed by atoms with van der Waals surface area (Å²) in [5.74, 6) is 0.0773. The van der Waals surface area contributed by atoms with Crippen LogP contribution in [0.2, 0.25) is 0 Å². The van der Waals surface area contributed by atoms with Gasteiger partial charge in [-0.25, -0.2) is 9.37 Å². The molecule has 1 aromatic carbocycles. The van der Waals surface area contributed by atoms with Gasteiger partial charge in [-0.05, 0) is 42.2 Å². The molecule has 8 heteroatoms. The van der Waals surface area contributed by atoms with Crippen LogP contribution in [0.3, 0.4) is 0 Å². The molecule has 2 aliphatic rings. The van der Waals surface area contributed by atoms with Crippen LogP contribution in [0.4, 0.5) is 10.2 Å². The van der Waals surface area contributed by atoms with Crippen LogP contribution in [0.25, 0.3) is 0 Å². The molecule has 6 nitrogen and oxygen atoms in total. The number of ketones is 1. The standard InChI is InChI=1S/C23H19FN4O2S/c24-15-5-2-1-4-14(15)12-31-23-27-21-20(22(30)28-23)18(13-8-10-25-11-9-13)19-16(26-21)6-3-7-17(19)29/h1-2,4-5,8-11,18H,3,6-7,12H2,(H2,26,27,28,30)/t18-/m1/s1. The van der Waals surface area contributed by atoms with Crippen LogP contribution in [0.5, 0.6) is 0 Å². The van der Waals surface area contributed by atoms with Gasteiger partial charge in [0.15, 0.2) is 10.9 Å². The summed E-state index contributed by atoms with van der Waals surface area (Å²) in [5.41, 5.74) is 2.96. The number of hydrogen-bond acceptors (Lipinski definition) is 6. The average Bonchev–Trinajstić information content (AvgIpc) is 2.78. The first-order chi connectivity index (χ1) is 15.1. The molecule has 3 aromatic rings. The van der Waals surface area contributed by atoms with Crippen molar-refractivity contribution in [3.8, 4) is 0 Å². The lowest BCUT2D eigenvalue weighted by Gasteiger charge is -2.32. The van der Waals surface area contributed by atoms with E-state index in [2.05, 4.69) is 20.3 Å². The minimum atomic E-state index is -0.482. The van der Waals surface area contributed by atoms with Gasteiger partial charge in [0.2, 0.25) is 0 Å². The van der Waals surface area contributed by atoms with Gasteiger partial charge in [0, 0.05) is 41.8 Å². The fourth-order valence-corrected chi connectivity index (χ4v) is 5.01. The van der Waals surface area contributed by atoms with Gasteiger partial charge in [-0.2, -0.15) is 0 Å². The zero-order valence-electron chi connectivity index (χ0n) is 16.5. The quantitative estimate of drug-likeness (QED) is 0.474. The van der Waals surface area contributed by atoms with E-state index in [1.807, 2.05) is 12.1 Å². The summed E-state index contributed by atoms with van der Waals surface area (Å²) in [6.45, 7) is 0. The second-order valence-electron chi connectivity index (χ2n) is 7.52. The van der Waals surface area contributed by atoms with Crippen molar-refractivity contribution in [2.75, 3.05) is 5.32 Å². The van der Waals surface area contributed by atoms with Crippen molar-refractivity contribution in [1.82, 2.24) is 15.0 Å². The lowest BCUT2D eigenvalue weighted by Crippen LogP contribution is -2.32. The zero-order valence-corrected chi connectivity index (χ0v) is 17.3. The second kappa shape index (κ2) is 8.11. The number of carbonyl (C=O) groups excluding carboxylic acids is 1. The van der Waals surface area contributed by atoms with E-state index in [1.165, 1.54) is 17.8 Å². The number of pyridine rings is 1. The maximum absolute atomic E-state index is 13.9. The number of nitrogens with one attached hydrogen (secondary N) is 2. The number of allylic oxidation sites excluding steroid dienone is 2. The Kier molecular flexibility index (Phi) is 5.15. The van der Waals surface area contributed by atoms with Crippen LogP contribution >= 0.6 is 11.8 Å². The van der Waals surface area contributed by atoms with Crippen LogP contribution in [0.1, 0.15) is 41.9 Å². The molecular formula is C23H19FN4O2S. The minimum Gasteiger partial charge on any atom is -0.343 e. The van der Waals surface area contributed by atoms with Gasteiger partial charge < -0.3 is 10.3 Å². The van der Waals surface area contributed by atoms with E-state index in [0.29, 0.717) is 39.8 Å². The Bertz CT molecular complexity index is 1260. The number of thioether (sulfide) groups is 1. The summed E-state index contributed by atoms with van der Waals surface area (Å²) in [6.07, 6.45) is 5.28. The Labute approximate surface area is 182 Å². The zero-order chi connectivity index (χ0) is 21.4. The minimum absolute atomic E-state index is 0.0543. The lowest BCUT2D eigenvalue weighted by atomic mass is 9.77. The number of aromatic amines is 1. The van der Waals surface area contributed by atoms with E-state index >= 15 is 0 Å². The Morgan fingerprint density at radius 2 is 1.90 bits per heavy atom. The molecule has 0 radical (unpaired) electrons. The Hall–Kier alpha value is -3.26. The average molecular weight is 434 g/mol. The molecule has 0 bridgehead atoms. The van der Waals surface area contributed by atoms with E-state index in [4.69, 9.17) is 0 Å². The van der Waals surface area contributed by atoms with Crippen molar-refractivity contribution in [1.29, 1.82) is 0 Å². The van der Waals surface area contributed by atoms with E-state index in [-0.39, 0.29) is 17.2 Å². The highest BCUT2D eigenvalue weighted by molar-refractivity contribution is 7.98. The molecular weight excluding hydrogens is 415 g/mol. The summed E-state index contributed by atoms with van der Waals surface area (Å²) >= 11 is 1.26. The van der Waals surface area contributed by atoms with Crippen molar-refractivity contribution in [2.24, 2.45) is 0 Å². The molecule has 0 saturated carbocycles. The summed E-state index contributed by atoms with van der Waals surface area (Å²) in [6, 6.07) is 10.2. The molecule has 31 heavy (non-hydrogen) atoms. The predicted octanol–water partition coefficient (Wildman–Crippen LogP) is 4.16. The van der Waals surface area contributed by atoms with Crippen molar-refractivity contribution < 1.29 is 9.18 Å². The van der Waals surface area contributed by atoms with Crippen LogP contribution in [-0.4, -0.2) is 20.7 Å². The summed E-state index contributed by atoms with van der Waals surface area (Å²) in [5, 5.41) is 3.65. The van der Waals surface area contributed by atoms with Gasteiger partial charge in [-0.15, -0.1) is 0 Å². The number of fused-ring (bicyclic) bond motifs is 1. The van der Waals surface area contributed by atoms with Gasteiger partial charge in [0.1, 0.15) is 11.6 Å². The molecule has 156 valence electrons. The van der Waals surface area contributed by atoms with Crippen LogP contribution < -0.4 is 10.9 Å². The van der Waals surface area contributed by atoms with Crippen LogP contribution in [0.15, 0.2) is 70.0 Å². The number of Topliss-reactive ketones (excluding diaryl/α,β-unsaturated/α-hetero) is 1. The first-order valence-corrected chi connectivity index (χ1v) is 11.0. The largest absolute Gasteiger partial charge is 0.343 e. The highest BCUT2D eigenvalue weighted by Gasteiger charge is 2.37. The van der Waals surface area contributed by atoms with E-state index in [9.17, 15) is 14.0 Å².